The van der Waals surface area contributed by atoms with Crippen LogP contribution in [0, 0.1) is 0 Å². The van der Waals surface area contributed by atoms with Crippen molar-refractivity contribution in [1.29, 1.82) is 0 Å². The number of rotatable bonds is 8. The number of hydrogen-bond acceptors (Lipinski definition) is 4. The van der Waals surface area contributed by atoms with Gasteiger partial charge in [0, 0.05) is 25.9 Å². The molecule has 3 N–H and O–H groups in total. The lowest BCUT2D eigenvalue weighted by molar-refractivity contribution is 0.170. The third-order valence-corrected chi connectivity index (χ3v) is 3.91. The minimum atomic E-state index is -2.99. The molecule has 0 aromatic heterocycles. The van der Waals surface area contributed by atoms with Gasteiger partial charge in [-0.1, -0.05) is 30.3 Å². The molecule has 0 saturated heterocycles. The maximum Gasteiger partial charge on any atom is 0.191 e. The summed E-state index contributed by atoms with van der Waals surface area (Å²) in [4.78, 5) is 4.34. The Morgan fingerprint density at radius 2 is 1.91 bits per heavy atom. The van der Waals surface area contributed by atoms with Gasteiger partial charge >= 0.3 is 0 Å². The molecule has 0 spiro atoms. The van der Waals surface area contributed by atoms with Crippen molar-refractivity contribution in [1.82, 2.24) is 10.6 Å². The second-order valence-corrected chi connectivity index (χ2v) is 7.29. The van der Waals surface area contributed by atoms with Crippen LogP contribution in [0.1, 0.15) is 25.0 Å². The molecule has 0 saturated carbocycles. The molecule has 0 radical (unpaired) electrons. The molecule has 1 rings (SSSR count). The van der Waals surface area contributed by atoms with Crippen LogP contribution in [0.3, 0.4) is 0 Å². The third-order valence-electron chi connectivity index (χ3n) is 2.97. The fourth-order valence-electron chi connectivity index (χ4n) is 1.84. The zero-order valence-electron chi connectivity index (χ0n) is 13.5. The Balaban J connectivity index is 0.00000484. The lowest BCUT2D eigenvalue weighted by Gasteiger charge is -2.12. The summed E-state index contributed by atoms with van der Waals surface area (Å²) in [6.07, 6.45) is 1.16. The van der Waals surface area contributed by atoms with Crippen LogP contribution >= 0.6 is 24.0 Å². The number of benzene rings is 1. The van der Waals surface area contributed by atoms with E-state index in [1.165, 1.54) is 6.26 Å². The first kappa shape index (κ1) is 22.1. The molecule has 6 nitrogen and oxygen atoms in total. The SMILES string of the molecule is CCNC(=NCCC(O)c1ccccc1)NCCS(C)(=O)=O.I. The van der Waals surface area contributed by atoms with Gasteiger partial charge in [0.25, 0.3) is 0 Å². The van der Waals surface area contributed by atoms with Gasteiger partial charge in [0.1, 0.15) is 9.84 Å². The molecular formula is C15H26IN3O3S. The molecule has 0 aliphatic rings. The smallest absolute Gasteiger partial charge is 0.191 e. The average molecular weight is 455 g/mol. The number of nitrogens with one attached hydrogen (secondary N) is 2. The Labute approximate surface area is 155 Å². The first-order chi connectivity index (χ1) is 10.4. The van der Waals surface area contributed by atoms with E-state index in [0.29, 0.717) is 32.0 Å². The van der Waals surface area contributed by atoms with E-state index in [9.17, 15) is 13.5 Å². The van der Waals surface area contributed by atoms with Gasteiger partial charge in [-0.3, -0.25) is 4.99 Å². The zero-order chi connectivity index (χ0) is 16.4. The Bertz CT molecular complexity index is 565. The highest BCUT2D eigenvalue weighted by Crippen LogP contribution is 2.15. The molecule has 0 bridgehead atoms. The second-order valence-electron chi connectivity index (χ2n) is 5.03. The van der Waals surface area contributed by atoms with E-state index in [2.05, 4.69) is 15.6 Å². The normalized spacial score (nSPS) is 13.1. The van der Waals surface area contributed by atoms with Gasteiger partial charge in [0.15, 0.2) is 5.96 Å². The summed E-state index contributed by atoms with van der Waals surface area (Å²) in [6.45, 7) is 3.38. The third kappa shape index (κ3) is 10.5. The fraction of sp³-hybridized carbons (Fsp3) is 0.533. The Morgan fingerprint density at radius 1 is 1.26 bits per heavy atom. The molecule has 132 valence electrons. The monoisotopic (exact) mass is 455 g/mol. The van der Waals surface area contributed by atoms with Crippen LogP contribution in [-0.2, 0) is 9.84 Å². The molecule has 1 aromatic rings. The first-order valence-electron chi connectivity index (χ1n) is 7.35. The van der Waals surface area contributed by atoms with Crippen LogP contribution in [0.15, 0.2) is 35.3 Å². The highest BCUT2D eigenvalue weighted by atomic mass is 127. The first-order valence-corrected chi connectivity index (χ1v) is 9.41. The minimum absolute atomic E-state index is 0. The highest BCUT2D eigenvalue weighted by molar-refractivity contribution is 14.0. The zero-order valence-corrected chi connectivity index (χ0v) is 16.7. The van der Waals surface area contributed by atoms with Crippen molar-refractivity contribution >= 4 is 39.8 Å². The van der Waals surface area contributed by atoms with E-state index < -0.39 is 15.9 Å². The Morgan fingerprint density at radius 3 is 2.48 bits per heavy atom. The number of sulfone groups is 1. The molecule has 0 amide bonds. The number of aliphatic imine (C=N–C) groups is 1. The van der Waals surface area contributed by atoms with Crippen LogP contribution in [0.4, 0.5) is 0 Å². The van der Waals surface area contributed by atoms with E-state index in [1.807, 2.05) is 37.3 Å². The van der Waals surface area contributed by atoms with Crippen LogP contribution in [0.5, 0.6) is 0 Å². The second kappa shape index (κ2) is 11.6. The van der Waals surface area contributed by atoms with Crippen molar-refractivity contribution in [2.45, 2.75) is 19.4 Å². The predicted octanol–water partition coefficient (Wildman–Crippen LogP) is 1.33. The van der Waals surface area contributed by atoms with Crippen LogP contribution in [0.25, 0.3) is 0 Å². The van der Waals surface area contributed by atoms with Crippen molar-refractivity contribution < 1.29 is 13.5 Å². The Hall–Kier alpha value is -0.870. The van der Waals surface area contributed by atoms with Gasteiger partial charge in [0.05, 0.1) is 11.9 Å². The number of nitrogens with zero attached hydrogens (tertiary/aromatic N) is 1. The highest BCUT2D eigenvalue weighted by Gasteiger charge is 2.07. The van der Waals surface area contributed by atoms with E-state index in [-0.39, 0.29) is 29.7 Å². The summed E-state index contributed by atoms with van der Waals surface area (Å²) in [7, 11) is -2.99. The number of halogens is 1. The van der Waals surface area contributed by atoms with Crippen LogP contribution < -0.4 is 10.6 Å². The van der Waals surface area contributed by atoms with Crippen molar-refractivity contribution in [2.24, 2.45) is 4.99 Å². The molecule has 0 aliphatic carbocycles. The summed E-state index contributed by atoms with van der Waals surface area (Å²) >= 11 is 0. The van der Waals surface area contributed by atoms with E-state index in [1.54, 1.807) is 0 Å². The maximum absolute atomic E-state index is 11.1. The summed E-state index contributed by atoms with van der Waals surface area (Å²) in [6, 6.07) is 9.44. The summed E-state index contributed by atoms with van der Waals surface area (Å²) in [5.74, 6) is 0.621. The number of aliphatic hydroxyl groups excluding tert-OH is 1. The largest absolute Gasteiger partial charge is 0.388 e. The van der Waals surface area contributed by atoms with Gasteiger partial charge in [-0.2, -0.15) is 0 Å². The molecule has 8 heteroatoms. The standard InChI is InChI=1S/C15H25N3O3S.HI/c1-3-16-15(18-11-12-22(2,20)21)17-10-9-14(19)13-7-5-4-6-8-13;/h4-8,14,19H,3,9-12H2,1-2H3,(H2,16,17,18);1H. The van der Waals surface area contributed by atoms with Crippen molar-refractivity contribution in [3.63, 3.8) is 0 Å². The minimum Gasteiger partial charge on any atom is -0.388 e. The van der Waals surface area contributed by atoms with Crippen molar-refractivity contribution in [3.8, 4) is 0 Å². The molecular weight excluding hydrogens is 429 g/mol. The number of aliphatic hydroxyl groups is 1. The van der Waals surface area contributed by atoms with E-state index in [4.69, 9.17) is 0 Å². The number of hydrogen-bond donors (Lipinski definition) is 3. The van der Waals surface area contributed by atoms with Gasteiger partial charge in [0.2, 0.25) is 0 Å². The summed E-state index contributed by atoms with van der Waals surface area (Å²) in [5, 5.41) is 16.1. The van der Waals surface area contributed by atoms with E-state index in [0.717, 1.165) is 5.56 Å². The van der Waals surface area contributed by atoms with Crippen molar-refractivity contribution in [2.75, 3.05) is 31.6 Å². The van der Waals surface area contributed by atoms with Crippen LogP contribution in [-0.4, -0.2) is 51.1 Å². The van der Waals surface area contributed by atoms with Crippen molar-refractivity contribution in [3.05, 3.63) is 35.9 Å². The summed E-state index contributed by atoms with van der Waals surface area (Å²) < 4.78 is 22.2. The molecule has 0 heterocycles. The predicted molar refractivity (Wildman–Crippen MR) is 105 cm³/mol. The lowest BCUT2D eigenvalue weighted by atomic mass is 10.1. The van der Waals surface area contributed by atoms with Gasteiger partial charge in [-0.15, -0.1) is 24.0 Å². The van der Waals surface area contributed by atoms with Crippen LogP contribution in [0.2, 0.25) is 0 Å². The molecule has 23 heavy (non-hydrogen) atoms. The van der Waals surface area contributed by atoms with Gasteiger partial charge in [-0.25, -0.2) is 8.42 Å². The summed E-state index contributed by atoms with van der Waals surface area (Å²) in [5.41, 5.74) is 0.868. The molecule has 1 unspecified atom stereocenters. The molecule has 1 atom stereocenters. The van der Waals surface area contributed by atoms with Gasteiger partial charge < -0.3 is 15.7 Å². The quantitative estimate of drug-likeness (QED) is 0.313. The molecule has 0 aliphatic heterocycles. The molecule has 1 aromatic carbocycles. The maximum atomic E-state index is 11.1. The fourth-order valence-corrected chi connectivity index (χ4v) is 2.31. The Kier molecular flexibility index (Phi) is 11.2. The average Bonchev–Trinajstić information content (AvgIpc) is 2.46. The number of guanidine groups is 1. The lowest BCUT2D eigenvalue weighted by Crippen LogP contribution is -2.39. The van der Waals surface area contributed by atoms with Gasteiger partial charge in [-0.05, 0) is 18.9 Å². The van der Waals surface area contributed by atoms with E-state index >= 15 is 0 Å². The molecule has 0 fully saturated rings. The topological polar surface area (TPSA) is 90.8 Å².